The number of halogens is 2. The topological polar surface area (TPSA) is 76.9 Å². The maximum Gasteiger partial charge on any atom is 0.253 e. The van der Waals surface area contributed by atoms with Crippen LogP contribution in [0.15, 0.2) is 53.7 Å². The van der Waals surface area contributed by atoms with Crippen LogP contribution >= 0.6 is 35.0 Å². The molecule has 0 aliphatic rings. The maximum atomic E-state index is 12.5. The summed E-state index contributed by atoms with van der Waals surface area (Å²) in [7, 11) is 1.79. The number of ketones is 1. The van der Waals surface area contributed by atoms with Crippen molar-refractivity contribution >= 4 is 46.7 Å². The van der Waals surface area contributed by atoms with Gasteiger partial charge >= 0.3 is 0 Å². The molecule has 0 bridgehead atoms. The molecule has 29 heavy (non-hydrogen) atoms. The van der Waals surface area contributed by atoms with E-state index < -0.39 is 6.04 Å². The van der Waals surface area contributed by atoms with E-state index in [9.17, 15) is 9.59 Å². The summed E-state index contributed by atoms with van der Waals surface area (Å²) < 4.78 is 1.76. The molecule has 1 heterocycles. The fourth-order valence-corrected chi connectivity index (χ4v) is 3.99. The normalized spacial score (nSPS) is 11.9. The first-order valence-electron chi connectivity index (χ1n) is 8.73. The average Bonchev–Trinajstić information content (AvgIpc) is 3.07. The molecule has 0 fully saturated rings. The van der Waals surface area contributed by atoms with Gasteiger partial charge in [-0.15, -0.1) is 10.2 Å². The van der Waals surface area contributed by atoms with E-state index in [1.807, 2.05) is 18.2 Å². The molecule has 3 aromatic rings. The van der Waals surface area contributed by atoms with E-state index in [1.54, 1.807) is 42.8 Å². The zero-order valence-corrected chi connectivity index (χ0v) is 18.1. The summed E-state index contributed by atoms with van der Waals surface area (Å²) in [5, 5.41) is 12.5. The molecule has 0 radical (unpaired) electrons. The van der Waals surface area contributed by atoms with Crippen LogP contribution in [-0.2, 0) is 7.05 Å². The number of hydrogen-bond acceptors (Lipinski definition) is 5. The molecule has 0 spiro atoms. The molecule has 1 aromatic heterocycles. The fraction of sp³-hybridized carbons (Fsp3) is 0.200. The van der Waals surface area contributed by atoms with Gasteiger partial charge in [-0.2, -0.15) is 0 Å². The van der Waals surface area contributed by atoms with Crippen LogP contribution in [-0.4, -0.2) is 32.2 Å². The molecule has 1 N–H and O–H groups in total. The summed E-state index contributed by atoms with van der Waals surface area (Å²) in [5.41, 5.74) is 0.982. The predicted molar refractivity (Wildman–Crippen MR) is 115 cm³/mol. The van der Waals surface area contributed by atoms with Gasteiger partial charge in [0, 0.05) is 17.6 Å². The van der Waals surface area contributed by atoms with Gasteiger partial charge in [0.2, 0.25) is 0 Å². The SMILES string of the molecule is CC(NC(=O)c1ccc(Cl)cc1Cl)c1nnc(SCC(=O)c2ccccc2)n1C. The van der Waals surface area contributed by atoms with Crippen molar-refractivity contribution in [3.8, 4) is 0 Å². The lowest BCUT2D eigenvalue weighted by Gasteiger charge is -2.14. The molecule has 9 heteroatoms. The number of hydrogen-bond donors (Lipinski definition) is 1. The molecule has 3 rings (SSSR count). The Kier molecular flexibility index (Phi) is 6.95. The Bertz CT molecular complexity index is 1040. The minimum Gasteiger partial charge on any atom is -0.342 e. The second-order valence-corrected chi connectivity index (χ2v) is 8.08. The van der Waals surface area contributed by atoms with Crippen molar-refractivity contribution in [3.05, 3.63) is 75.5 Å². The van der Waals surface area contributed by atoms with Crippen LogP contribution in [0.3, 0.4) is 0 Å². The van der Waals surface area contributed by atoms with E-state index >= 15 is 0 Å². The molecule has 2 aromatic carbocycles. The highest BCUT2D eigenvalue weighted by Crippen LogP contribution is 2.23. The van der Waals surface area contributed by atoms with Crippen LogP contribution in [0.5, 0.6) is 0 Å². The minimum atomic E-state index is -0.411. The van der Waals surface area contributed by atoms with Crippen molar-refractivity contribution < 1.29 is 9.59 Å². The van der Waals surface area contributed by atoms with Crippen molar-refractivity contribution in [1.82, 2.24) is 20.1 Å². The number of thioether (sulfide) groups is 1. The molecule has 1 amide bonds. The maximum absolute atomic E-state index is 12.5. The number of rotatable bonds is 7. The van der Waals surface area contributed by atoms with Crippen molar-refractivity contribution in [1.29, 1.82) is 0 Å². The fourth-order valence-electron chi connectivity index (χ4n) is 2.68. The van der Waals surface area contributed by atoms with E-state index in [0.29, 0.717) is 27.1 Å². The third-order valence-electron chi connectivity index (χ3n) is 4.21. The summed E-state index contributed by atoms with van der Waals surface area (Å²) >= 11 is 13.3. The summed E-state index contributed by atoms with van der Waals surface area (Å²) in [6.45, 7) is 1.80. The van der Waals surface area contributed by atoms with Crippen LogP contribution in [0.25, 0.3) is 0 Å². The second kappa shape index (κ2) is 9.43. The first-order chi connectivity index (χ1) is 13.9. The summed E-state index contributed by atoms with van der Waals surface area (Å²) in [5.74, 6) is 0.490. The van der Waals surface area contributed by atoms with Crippen LogP contribution in [0.4, 0.5) is 0 Å². The number of nitrogens with zero attached hydrogens (tertiary/aromatic N) is 3. The number of carbonyl (C=O) groups is 2. The molecule has 150 valence electrons. The van der Waals surface area contributed by atoms with E-state index in [-0.39, 0.29) is 22.5 Å². The van der Waals surface area contributed by atoms with Gasteiger partial charge in [-0.1, -0.05) is 65.3 Å². The molecule has 1 unspecified atom stereocenters. The van der Waals surface area contributed by atoms with Gasteiger partial charge in [0.15, 0.2) is 16.8 Å². The van der Waals surface area contributed by atoms with E-state index in [2.05, 4.69) is 15.5 Å². The van der Waals surface area contributed by atoms with E-state index in [1.165, 1.54) is 17.8 Å². The number of nitrogens with one attached hydrogen (secondary N) is 1. The highest BCUT2D eigenvalue weighted by atomic mass is 35.5. The molecule has 1 atom stereocenters. The van der Waals surface area contributed by atoms with Gasteiger partial charge in [-0.25, -0.2) is 0 Å². The van der Waals surface area contributed by atoms with Crippen molar-refractivity contribution in [3.63, 3.8) is 0 Å². The van der Waals surface area contributed by atoms with Crippen LogP contribution in [0.2, 0.25) is 10.0 Å². The minimum absolute atomic E-state index is 0.0129. The third kappa shape index (κ3) is 5.18. The van der Waals surface area contributed by atoms with Gasteiger partial charge in [0.25, 0.3) is 5.91 Å². The Morgan fingerprint density at radius 2 is 1.86 bits per heavy atom. The van der Waals surface area contributed by atoms with Gasteiger partial charge in [0.1, 0.15) is 0 Å². The number of aromatic nitrogens is 3. The van der Waals surface area contributed by atoms with Gasteiger partial charge < -0.3 is 9.88 Å². The lowest BCUT2D eigenvalue weighted by Crippen LogP contribution is -2.28. The second-order valence-electron chi connectivity index (χ2n) is 6.30. The van der Waals surface area contributed by atoms with Crippen molar-refractivity contribution in [2.75, 3.05) is 5.75 Å². The monoisotopic (exact) mass is 448 g/mol. The highest BCUT2D eigenvalue weighted by molar-refractivity contribution is 7.99. The zero-order valence-electron chi connectivity index (χ0n) is 15.7. The quantitative estimate of drug-likeness (QED) is 0.422. The predicted octanol–water partition coefficient (Wildman–Crippen LogP) is 4.59. The van der Waals surface area contributed by atoms with E-state index in [4.69, 9.17) is 23.2 Å². The molecule has 0 saturated heterocycles. The lowest BCUT2D eigenvalue weighted by molar-refractivity contribution is 0.0937. The van der Waals surface area contributed by atoms with Crippen molar-refractivity contribution in [2.24, 2.45) is 7.05 Å². The average molecular weight is 449 g/mol. The first kappa shape index (κ1) is 21.4. The summed E-state index contributed by atoms with van der Waals surface area (Å²) in [4.78, 5) is 24.8. The van der Waals surface area contributed by atoms with Crippen LogP contribution in [0, 0.1) is 0 Å². The van der Waals surface area contributed by atoms with Gasteiger partial charge in [-0.05, 0) is 25.1 Å². The largest absolute Gasteiger partial charge is 0.342 e. The first-order valence-corrected chi connectivity index (χ1v) is 10.5. The van der Waals surface area contributed by atoms with Crippen LogP contribution < -0.4 is 5.32 Å². The molecule has 0 aliphatic heterocycles. The Morgan fingerprint density at radius 3 is 2.55 bits per heavy atom. The number of benzene rings is 2. The number of amides is 1. The third-order valence-corrected chi connectivity index (χ3v) is 5.78. The Hall–Kier alpha value is -2.35. The van der Waals surface area contributed by atoms with Crippen molar-refractivity contribution in [2.45, 2.75) is 18.1 Å². The standard InChI is InChI=1S/C20H18Cl2N4O2S/c1-12(23-19(28)15-9-8-14(21)10-16(15)22)18-24-25-20(26(18)2)29-11-17(27)13-6-4-3-5-7-13/h3-10,12H,11H2,1-2H3,(H,23,28). The Labute approximate surface area is 182 Å². The highest BCUT2D eigenvalue weighted by Gasteiger charge is 2.20. The Balaban J connectivity index is 1.65. The molecule has 6 nitrogen and oxygen atoms in total. The molecule has 0 saturated carbocycles. The van der Waals surface area contributed by atoms with Gasteiger partial charge in [0.05, 0.1) is 22.4 Å². The zero-order chi connectivity index (χ0) is 21.0. The molecular weight excluding hydrogens is 431 g/mol. The van der Waals surface area contributed by atoms with E-state index in [0.717, 1.165) is 0 Å². The summed E-state index contributed by atoms with van der Waals surface area (Å²) in [6, 6.07) is 13.4. The molecule has 0 aliphatic carbocycles. The number of carbonyl (C=O) groups excluding carboxylic acids is 2. The molecular formula is C20H18Cl2N4O2S. The van der Waals surface area contributed by atoms with Gasteiger partial charge in [-0.3, -0.25) is 9.59 Å². The smallest absolute Gasteiger partial charge is 0.253 e. The number of Topliss-reactive ketones (excluding diaryl/α,β-unsaturated/α-hetero) is 1. The summed E-state index contributed by atoms with van der Waals surface area (Å²) in [6.07, 6.45) is 0. The van der Waals surface area contributed by atoms with Crippen LogP contribution in [0.1, 0.15) is 39.5 Å². The Morgan fingerprint density at radius 1 is 1.14 bits per heavy atom. The lowest BCUT2D eigenvalue weighted by atomic mass is 10.2.